The molecule has 0 atom stereocenters. The largest absolute Gasteiger partial charge is 0.492 e. The Bertz CT molecular complexity index is 1330. The maximum absolute atomic E-state index is 12.8. The fraction of sp³-hybridized carbons (Fsp3) is 0.233. The van der Waals surface area contributed by atoms with Crippen molar-refractivity contribution < 1.29 is 23.9 Å². The van der Waals surface area contributed by atoms with Crippen molar-refractivity contribution in [2.24, 2.45) is 0 Å². The first-order chi connectivity index (χ1) is 18.3. The Hall–Kier alpha value is -4.04. The Morgan fingerprint density at radius 3 is 2.32 bits per heavy atom. The van der Waals surface area contributed by atoms with Crippen LogP contribution in [0.5, 0.6) is 11.5 Å². The molecule has 3 amide bonds. The molecule has 0 aromatic heterocycles. The van der Waals surface area contributed by atoms with Gasteiger partial charge in [-0.3, -0.25) is 19.3 Å². The molecule has 1 aliphatic rings. The zero-order chi connectivity index (χ0) is 27.1. The summed E-state index contributed by atoms with van der Waals surface area (Å²) in [6.45, 7) is 6.40. The van der Waals surface area contributed by atoms with Crippen LogP contribution in [0.2, 0.25) is 0 Å². The summed E-state index contributed by atoms with van der Waals surface area (Å²) in [5.41, 5.74) is 3.71. The van der Waals surface area contributed by atoms with Crippen LogP contribution in [0.15, 0.2) is 77.7 Å². The number of anilines is 1. The lowest BCUT2D eigenvalue weighted by Gasteiger charge is -2.14. The highest BCUT2D eigenvalue weighted by molar-refractivity contribution is 8.18. The Kier molecular flexibility index (Phi) is 8.86. The van der Waals surface area contributed by atoms with Gasteiger partial charge in [0.15, 0.2) is 6.61 Å². The number of rotatable bonds is 10. The summed E-state index contributed by atoms with van der Waals surface area (Å²) < 4.78 is 11.3. The van der Waals surface area contributed by atoms with Crippen molar-refractivity contribution >= 4 is 40.6 Å². The Morgan fingerprint density at radius 1 is 0.947 bits per heavy atom. The number of ether oxygens (including phenoxy) is 2. The molecule has 0 radical (unpaired) electrons. The number of para-hydroxylation sites is 1. The monoisotopic (exact) mass is 530 g/mol. The molecule has 1 saturated heterocycles. The molecule has 7 nitrogen and oxygen atoms in total. The summed E-state index contributed by atoms with van der Waals surface area (Å²) in [6, 6.07) is 22.3. The fourth-order valence-corrected chi connectivity index (χ4v) is 4.71. The molecule has 3 aromatic rings. The standard InChI is InChI=1S/C30H30N2O5S/c1-20(2)25-6-4-5-7-26(25)31-28(33)19-37-24-14-10-22(11-15-24)18-27-29(34)32(30(35)38-27)16-17-36-23-12-8-21(3)9-13-23/h4-15,18,20H,16-17,19H2,1-3H3,(H,31,33)/b27-18-. The van der Waals surface area contributed by atoms with Gasteiger partial charge in [-0.05, 0) is 72.1 Å². The van der Waals surface area contributed by atoms with Crippen molar-refractivity contribution in [2.45, 2.75) is 26.7 Å². The number of hydrogen-bond donors (Lipinski definition) is 1. The summed E-state index contributed by atoms with van der Waals surface area (Å²) >= 11 is 0.906. The first-order valence-electron chi connectivity index (χ1n) is 12.4. The van der Waals surface area contributed by atoms with E-state index in [4.69, 9.17) is 9.47 Å². The van der Waals surface area contributed by atoms with Gasteiger partial charge in [0.1, 0.15) is 18.1 Å². The molecule has 1 heterocycles. The number of thioether (sulfide) groups is 1. The van der Waals surface area contributed by atoms with E-state index in [1.807, 2.05) is 55.5 Å². The molecule has 38 heavy (non-hydrogen) atoms. The highest BCUT2D eigenvalue weighted by Gasteiger charge is 2.34. The van der Waals surface area contributed by atoms with Gasteiger partial charge in [-0.25, -0.2) is 0 Å². The number of carbonyl (C=O) groups is 3. The van der Waals surface area contributed by atoms with Crippen LogP contribution in [-0.4, -0.2) is 41.7 Å². The zero-order valence-electron chi connectivity index (χ0n) is 21.6. The van der Waals surface area contributed by atoms with Gasteiger partial charge in [-0.15, -0.1) is 0 Å². The molecule has 0 unspecified atom stereocenters. The third kappa shape index (κ3) is 7.04. The summed E-state index contributed by atoms with van der Waals surface area (Å²) in [6.07, 6.45) is 1.67. The molecule has 1 fully saturated rings. The van der Waals surface area contributed by atoms with Crippen molar-refractivity contribution in [1.82, 2.24) is 4.90 Å². The quantitative estimate of drug-likeness (QED) is 0.312. The molecule has 4 rings (SSSR count). The number of imide groups is 1. The zero-order valence-corrected chi connectivity index (χ0v) is 22.4. The summed E-state index contributed by atoms with van der Waals surface area (Å²) in [5, 5.41) is 2.58. The van der Waals surface area contributed by atoms with Crippen molar-refractivity contribution in [2.75, 3.05) is 25.1 Å². The number of nitrogens with zero attached hydrogens (tertiary/aromatic N) is 1. The van der Waals surface area contributed by atoms with E-state index in [0.717, 1.165) is 34.1 Å². The minimum Gasteiger partial charge on any atom is -0.492 e. The lowest BCUT2D eigenvalue weighted by Crippen LogP contribution is -2.32. The van der Waals surface area contributed by atoms with Crippen LogP contribution in [0.4, 0.5) is 10.5 Å². The number of carbonyl (C=O) groups excluding carboxylic acids is 3. The van der Waals surface area contributed by atoms with E-state index >= 15 is 0 Å². The van der Waals surface area contributed by atoms with Gasteiger partial charge in [-0.2, -0.15) is 0 Å². The lowest BCUT2D eigenvalue weighted by atomic mass is 10.0. The maximum Gasteiger partial charge on any atom is 0.293 e. The molecule has 196 valence electrons. The number of nitrogens with one attached hydrogen (secondary N) is 1. The van der Waals surface area contributed by atoms with Crippen LogP contribution in [0, 0.1) is 6.92 Å². The number of benzene rings is 3. The van der Waals surface area contributed by atoms with E-state index in [2.05, 4.69) is 19.2 Å². The molecular formula is C30H30N2O5S. The highest BCUT2D eigenvalue weighted by Crippen LogP contribution is 2.32. The minimum atomic E-state index is -0.341. The first kappa shape index (κ1) is 27.0. The van der Waals surface area contributed by atoms with E-state index in [1.54, 1.807) is 30.3 Å². The molecule has 1 N–H and O–H groups in total. The summed E-state index contributed by atoms with van der Waals surface area (Å²) in [7, 11) is 0. The van der Waals surface area contributed by atoms with Gasteiger partial charge in [0.2, 0.25) is 0 Å². The first-order valence-corrected chi connectivity index (χ1v) is 13.2. The predicted molar refractivity (Wildman–Crippen MR) is 150 cm³/mol. The summed E-state index contributed by atoms with van der Waals surface area (Å²) in [4.78, 5) is 39.1. The molecule has 0 bridgehead atoms. The lowest BCUT2D eigenvalue weighted by molar-refractivity contribution is -0.123. The van der Waals surface area contributed by atoms with E-state index < -0.39 is 0 Å². The molecule has 0 aliphatic carbocycles. The Morgan fingerprint density at radius 2 is 1.61 bits per heavy atom. The Balaban J connectivity index is 1.28. The van der Waals surface area contributed by atoms with E-state index in [9.17, 15) is 14.4 Å². The van der Waals surface area contributed by atoms with Gasteiger partial charge in [0, 0.05) is 5.69 Å². The van der Waals surface area contributed by atoms with Crippen LogP contribution in [-0.2, 0) is 9.59 Å². The predicted octanol–water partition coefficient (Wildman–Crippen LogP) is 6.25. The molecule has 0 spiro atoms. The number of hydrogen-bond acceptors (Lipinski definition) is 6. The average molecular weight is 531 g/mol. The van der Waals surface area contributed by atoms with Gasteiger partial charge < -0.3 is 14.8 Å². The van der Waals surface area contributed by atoms with Gasteiger partial charge in [0.05, 0.1) is 11.4 Å². The molecule has 1 aliphatic heterocycles. The third-order valence-electron chi connectivity index (χ3n) is 5.88. The van der Waals surface area contributed by atoms with Crippen molar-refractivity contribution in [1.29, 1.82) is 0 Å². The average Bonchev–Trinajstić information content (AvgIpc) is 3.17. The van der Waals surface area contributed by atoms with E-state index in [0.29, 0.717) is 16.4 Å². The van der Waals surface area contributed by atoms with Crippen LogP contribution in [0.25, 0.3) is 6.08 Å². The third-order valence-corrected chi connectivity index (χ3v) is 6.79. The van der Waals surface area contributed by atoms with Gasteiger partial charge in [-0.1, -0.05) is 61.9 Å². The van der Waals surface area contributed by atoms with Crippen LogP contribution in [0.1, 0.15) is 36.5 Å². The van der Waals surface area contributed by atoms with E-state index in [-0.39, 0.29) is 42.7 Å². The van der Waals surface area contributed by atoms with Crippen LogP contribution >= 0.6 is 11.8 Å². The number of aryl methyl sites for hydroxylation is 1. The van der Waals surface area contributed by atoms with Crippen LogP contribution in [0.3, 0.4) is 0 Å². The smallest absolute Gasteiger partial charge is 0.293 e. The van der Waals surface area contributed by atoms with Crippen molar-refractivity contribution in [3.63, 3.8) is 0 Å². The van der Waals surface area contributed by atoms with Gasteiger partial charge >= 0.3 is 0 Å². The topological polar surface area (TPSA) is 84.9 Å². The Labute approximate surface area is 226 Å². The molecule has 8 heteroatoms. The maximum atomic E-state index is 12.8. The number of amides is 3. The highest BCUT2D eigenvalue weighted by atomic mass is 32.2. The van der Waals surface area contributed by atoms with Crippen LogP contribution < -0.4 is 14.8 Å². The van der Waals surface area contributed by atoms with Gasteiger partial charge in [0.25, 0.3) is 17.1 Å². The SMILES string of the molecule is Cc1ccc(OCCN2C(=O)S/C(=C\c3ccc(OCC(=O)Nc4ccccc4C(C)C)cc3)C2=O)cc1. The normalized spacial score (nSPS) is 14.3. The molecule has 3 aromatic carbocycles. The molecule has 0 saturated carbocycles. The second-order valence-electron chi connectivity index (χ2n) is 9.14. The van der Waals surface area contributed by atoms with Crippen molar-refractivity contribution in [3.8, 4) is 11.5 Å². The van der Waals surface area contributed by atoms with Crippen molar-refractivity contribution in [3.05, 3.63) is 94.4 Å². The van der Waals surface area contributed by atoms with E-state index in [1.165, 1.54) is 4.90 Å². The minimum absolute atomic E-state index is 0.130. The second kappa shape index (κ2) is 12.5. The fourth-order valence-electron chi connectivity index (χ4n) is 3.84. The summed E-state index contributed by atoms with van der Waals surface area (Å²) in [5.74, 6) is 0.913. The second-order valence-corrected chi connectivity index (χ2v) is 10.1. The molecular weight excluding hydrogens is 500 g/mol.